The summed E-state index contributed by atoms with van der Waals surface area (Å²) < 4.78 is 44.1. The highest BCUT2D eigenvalue weighted by atomic mass is 32.2. The number of esters is 1. The zero-order valence-electron chi connectivity index (χ0n) is 13.6. The maximum atomic E-state index is 13.6. The lowest BCUT2D eigenvalue weighted by Crippen LogP contribution is -2.22. The number of aryl methyl sites for hydroxylation is 1. The minimum atomic E-state index is -3.66. The van der Waals surface area contributed by atoms with Crippen LogP contribution in [0.5, 0.6) is 0 Å². The number of hydrogen-bond acceptors (Lipinski definition) is 4. The van der Waals surface area contributed by atoms with E-state index in [1.54, 1.807) is 19.1 Å². The van der Waals surface area contributed by atoms with Crippen molar-refractivity contribution in [3.05, 3.63) is 65.0 Å². The SMILES string of the molecule is Cc1ccc(S(=O)(=O)N(C)C)cc1C(=O)OCc1ccccc1F. The van der Waals surface area contributed by atoms with Crippen LogP contribution in [0.4, 0.5) is 4.39 Å². The third-order valence-electron chi connectivity index (χ3n) is 3.52. The molecule has 2 aromatic carbocycles. The molecule has 128 valence electrons. The Kier molecular flexibility index (Phi) is 5.36. The molecule has 5 nitrogen and oxygen atoms in total. The summed E-state index contributed by atoms with van der Waals surface area (Å²) in [5.41, 5.74) is 0.959. The van der Waals surface area contributed by atoms with Gasteiger partial charge in [-0.25, -0.2) is 21.9 Å². The fourth-order valence-corrected chi connectivity index (χ4v) is 2.96. The quantitative estimate of drug-likeness (QED) is 0.777. The van der Waals surface area contributed by atoms with Gasteiger partial charge in [-0.1, -0.05) is 24.3 Å². The Morgan fingerprint density at radius 1 is 1.17 bits per heavy atom. The molecule has 2 rings (SSSR count). The second-order valence-corrected chi connectivity index (χ2v) is 7.58. The van der Waals surface area contributed by atoms with E-state index in [2.05, 4.69) is 0 Å². The van der Waals surface area contributed by atoms with Gasteiger partial charge in [-0.3, -0.25) is 0 Å². The standard InChI is InChI=1S/C17H18FNO4S/c1-12-8-9-14(24(21,22)19(2)3)10-15(12)17(20)23-11-13-6-4-5-7-16(13)18/h4-10H,11H2,1-3H3. The molecule has 24 heavy (non-hydrogen) atoms. The summed E-state index contributed by atoms with van der Waals surface area (Å²) in [5.74, 6) is -1.17. The number of carbonyl (C=O) groups is 1. The van der Waals surface area contributed by atoms with Crippen LogP contribution in [-0.4, -0.2) is 32.8 Å². The summed E-state index contributed by atoms with van der Waals surface area (Å²) >= 11 is 0. The van der Waals surface area contributed by atoms with Crippen LogP contribution in [-0.2, 0) is 21.4 Å². The van der Waals surface area contributed by atoms with Gasteiger partial charge in [0, 0.05) is 19.7 Å². The van der Waals surface area contributed by atoms with Crippen molar-refractivity contribution in [1.82, 2.24) is 4.31 Å². The molecule has 0 heterocycles. The van der Waals surface area contributed by atoms with E-state index in [1.807, 2.05) is 0 Å². The lowest BCUT2D eigenvalue weighted by atomic mass is 10.1. The maximum Gasteiger partial charge on any atom is 0.338 e. The highest BCUT2D eigenvalue weighted by Gasteiger charge is 2.21. The van der Waals surface area contributed by atoms with E-state index >= 15 is 0 Å². The molecule has 0 bridgehead atoms. The van der Waals surface area contributed by atoms with Gasteiger partial charge in [-0.2, -0.15) is 0 Å². The van der Waals surface area contributed by atoms with Gasteiger partial charge in [0.25, 0.3) is 0 Å². The predicted octanol–water partition coefficient (Wildman–Crippen LogP) is 2.74. The molecule has 0 saturated carbocycles. The van der Waals surface area contributed by atoms with Gasteiger partial charge < -0.3 is 4.74 Å². The molecule has 0 aliphatic heterocycles. The first kappa shape index (κ1) is 18.1. The molecule has 0 N–H and O–H groups in total. The van der Waals surface area contributed by atoms with Crippen molar-refractivity contribution in [3.63, 3.8) is 0 Å². The van der Waals surface area contributed by atoms with Crippen molar-refractivity contribution in [2.75, 3.05) is 14.1 Å². The van der Waals surface area contributed by atoms with Crippen molar-refractivity contribution in [2.24, 2.45) is 0 Å². The summed E-state index contributed by atoms with van der Waals surface area (Å²) in [6.45, 7) is 1.45. The Balaban J connectivity index is 2.25. The largest absolute Gasteiger partial charge is 0.457 e. The molecular weight excluding hydrogens is 333 g/mol. The van der Waals surface area contributed by atoms with Crippen LogP contribution in [0.25, 0.3) is 0 Å². The molecule has 0 amide bonds. The fraction of sp³-hybridized carbons (Fsp3) is 0.235. The van der Waals surface area contributed by atoms with Gasteiger partial charge in [0.05, 0.1) is 10.5 Å². The molecule has 0 aliphatic carbocycles. The Bertz CT molecular complexity index is 863. The molecular formula is C17H18FNO4S. The normalized spacial score (nSPS) is 11.5. The molecule has 0 fully saturated rings. The molecule has 0 spiro atoms. The van der Waals surface area contributed by atoms with E-state index in [0.717, 1.165) is 4.31 Å². The molecule has 0 atom stereocenters. The van der Waals surface area contributed by atoms with Crippen molar-refractivity contribution in [2.45, 2.75) is 18.4 Å². The lowest BCUT2D eigenvalue weighted by Gasteiger charge is -2.13. The molecule has 0 radical (unpaired) electrons. The second-order valence-electron chi connectivity index (χ2n) is 5.43. The van der Waals surface area contributed by atoms with Gasteiger partial charge in [0.15, 0.2) is 0 Å². The minimum absolute atomic E-state index is 0.00376. The number of rotatable bonds is 5. The van der Waals surface area contributed by atoms with E-state index in [0.29, 0.717) is 5.56 Å². The van der Waals surface area contributed by atoms with Gasteiger partial charge in [0.2, 0.25) is 10.0 Å². The molecule has 0 unspecified atom stereocenters. The summed E-state index contributed by atoms with van der Waals surface area (Å²) in [7, 11) is -0.842. The Morgan fingerprint density at radius 3 is 2.46 bits per heavy atom. The summed E-state index contributed by atoms with van der Waals surface area (Å²) in [6.07, 6.45) is 0. The van der Waals surface area contributed by atoms with Crippen LogP contribution in [0, 0.1) is 12.7 Å². The van der Waals surface area contributed by atoms with Crippen LogP contribution in [0.1, 0.15) is 21.5 Å². The Morgan fingerprint density at radius 2 is 1.83 bits per heavy atom. The van der Waals surface area contributed by atoms with Gasteiger partial charge >= 0.3 is 5.97 Å². The highest BCUT2D eigenvalue weighted by molar-refractivity contribution is 7.89. The number of benzene rings is 2. The molecule has 0 aliphatic rings. The first-order valence-corrected chi connectivity index (χ1v) is 8.61. The van der Waals surface area contributed by atoms with E-state index in [9.17, 15) is 17.6 Å². The van der Waals surface area contributed by atoms with Crippen molar-refractivity contribution >= 4 is 16.0 Å². The molecule has 0 aromatic heterocycles. The van der Waals surface area contributed by atoms with Crippen LogP contribution >= 0.6 is 0 Å². The first-order valence-electron chi connectivity index (χ1n) is 7.17. The molecule has 7 heteroatoms. The summed E-state index contributed by atoms with van der Waals surface area (Å²) in [5, 5.41) is 0. The van der Waals surface area contributed by atoms with Crippen LogP contribution < -0.4 is 0 Å². The third kappa shape index (κ3) is 3.80. The predicted molar refractivity (Wildman–Crippen MR) is 87.6 cm³/mol. The monoisotopic (exact) mass is 351 g/mol. The van der Waals surface area contributed by atoms with E-state index in [1.165, 1.54) is 44.4 Å². The Hall–Kier alpha value is -2.25. The average molecular weight is 351 g/mol. The third-order valence-corrected chi connectivity index (χ3v) is 5.34. The molecule has 0 saturated heterocycles. The minimum Gasteiger partial charge on any atom is -0.457 e. The number of halogens is 1. The topological polar surface area (TPSA) is 63.7 Å². The van der Waals surface area contributed by atoms with Crippen molar-refractivity contribution in [3.8, 4) is 0 Å². The van der Waals surface area contributed by atoms with Crippen LogP contribution in [0.15, 0.2) is 47.4 Å². The zero-order valence-corrected chi connectivity index (χ0v) is 14.4. The van der Waals surface area contributed by atoms with Crippen LogP contribution in [0.3, 0.4) is 0 Å². The van der Waals surface area contributed by atoms with E-state index in [4.69, 9.17) is 4.74 Å². The maximum absolute atomic E-state index is 13.6. The van der Waals surface area contributed by atoms with E-state index < -0.39 is 21.8 Å². The second kappa shape index (κ2) is 7.11. The van der Waals surface area contributed by atoms with Crippen LogP contribution in [0.2, 0.25) is 0 Å². The summed E-state index contributed by atoms with van der Waals surface area (Å²) in [6, 6.07) is 10.2. The van der Waals surface area contributed by atoms with Gasteiger partial charge in [0.1, 0.15) is 12.4 Å². The number of hydrogen-bond donors (Lipinski definition) is 0. The number of nitrogens with zero attached hydrogens (tertiary/aromatic N) is 1. The summed E-state index contributed by atoms with van der Waals surface area (Å²) in [4.78, 5) is 12.2. The number of ether oxygens (including phenoxy) is 1. The highest BCUT2D eigenvalue weighted by Crippen LogP contribution is 2.19. The fourth-order valence-electron chi connectivity index (χ4n) is 2.03. The van der Waals surface area contributed by atoms with Gasteiger partial charge in [-0.15, -0.1) is 0 Å². The average Bonchev–Trinajstić information content (AvgIpc) is 2.54. The zero-order chi connectivity index (χ0) is 17.9. The van der Waals surface area contributed by atoms with E-state index in [-0.39, 0.29) is 22.6 Å². The smallest absolute Gasteiger partial charge is 0.338 e. The van der Waals surface area contributed by atoms with Gasteiger partial charge in [-0.05, 0) is 30.7 Å². The number of sulfonamides is 1. The molecule has 2 aromatic rings. The van der Waals surface area contributed by atoms with Crippen molar-refractivity contribution in [1.29, 1.82) is 0 Å². The van der Waals surface area contributed by atoms with Crippen molar-refractivity contribution < 1.29 is 22.3 Å². The Labute approximate surface area is 140 Å². The number of carbonyl (C=O) groups excluding carboxylic acids is 1. The first-order chi connectivity index (χ1) is 11.2. The lowest BCUT2D eigenvalue weighted by molar-refractivity contribution is 0.0468.